The fraction of sp³-hybridized carbons (Fsp3) is 0.750. The third kappa shape index (κ3) is 4.80. The van der Waals surface area contributed by atoms with Crippen molar-refractivity contribution < 1.29 is 12.8 Å². The molecule has 0 aromatic carbocycles. The van der Waals surface area contributed by atoms with Crippen molar-refractivity contribution in [1.82, 2.24) is 19.1 Å². The molecule has 10 heteroatoms. The Morgan fingerprint density at radius 1 is 1.55 bits per heavy atom. The van der Waals surface area contributed by atoms with E-state index < -0.39 is 17.1 Å². The van der Waals surface area contributed by atoms with Gasteiger partial charge in [-0.05, 0) is 27.3 Å². The molecule has 1 aromatic rings. The van der Waals surface area contributed by atoms with E-state index >= 15 is 0 Å². The fourth-order valence-electron chi connectivity index (χ4n) is 2.41. The lowest BCUT2D eigenvalue weighted by molar-refractivity contribution is 0.268. The van der Waals surface area contributed by atoms with Crippen LogP contribution in [0.3, 0.4) is 0 Å². The molecule has 2 atom stereocenters. The van der Waals surface area contributed by atoms with Gasteiger partial charge in [0, 0.05) is 31.4 Å². The maximum absolute atomic E-state index is 13.3. The number of hydrazine groups is 1. The number of nitrogens with zero attached hydrogens (tertiary/aromatic N) is 4. The molecule has 1 aliphatic rings. The summed E-state index contributed by atoms with van der Waals surface area (Å²) in [5.74, 6) is 0. The van der Waals surface area contributed by atoms with Gasteiger partial charge in [0.1, 0.15) is 6.17 Å². The molecule has 1 N–H and O–H groups in total. The van der Waals surface area contributed by atoms with Crippen molar-refractivity contribution in [3.05, 3.63) is 12.4 Å². The number of hydrogen-bond donors (Lipinski definition) is 2. The zero-order valence-corrected chi connectivity index (χ0v) is 14.6. The van der Waals surface area contributed by atoms with E-state index in [4.69, 9.17) is 0 Å². The van der Waals surface area contributed by atoms with E-state index in [-0.39, 0.29) is 31.0 Å². The van der Waals surface area contributed by atoms with Crippen LogP contribution in [0.1, 0.15) is 26.3 Å². The Kier molecular flexibility index (Phi) is 7.04. The largest absolute Gasteiger partial charge is 0.303 e. The second-order valence-corrected chi connectivity index (χ2v) is 6.62. The quantitative estimate of drug-likeness (QED) is 0.590. The number of halogens is 2. The highest BCUT2D eigenvalue weighted by atomic mass is 35.5. The Hall–Kier alpha value is -0.900. The number of anilines is 1. The highest BCUT2D eigenvalue weighted by molar-refractivity contribution is 7.69. The van der Waals surface area contributed by atoms with Gasteiger partial charge < -0.3 is 5.43 Å². The van der Waals surface area contributed by atoms with Crippen LogP contribution in [0.2, 0.25) is 0 Å². The second kappa shape index (κ2) is 8.09. The van der Waals surface area contributed by atoms with Crippen molar-refractivity contribution in [2.24, 2.45) is 0 Å². The molecule has 7 nitrogen and oxygen atoms in total. The lowest BCUT2D eigenvalue weighted by atomic mass is 10.2. The molecule has 0 aliphatic carbocycles. The van der Waals surface area contributed by atoms with Crippen LogP contribution in [0.25, 0.3) is 0 Å². The molecule has 0 amide bonds. The van der Waals surface area contributed by atoms with Crippen LogP contribution >= 0.6 is 12.4 Å². The van der Waals surface area contributed by atoms with Crippen LogP contribution in [-0.2, 0) is 10.9 Å². The third-order valence-corrected chi connectivity index (χ3v) is 4.26. The number of alkyl halides is 1. The monoisotopic (exact) mass is 355 g/mol. The lowest BCUT2D eigenvalue weighted by Gasteiger charge is -2.24. The third-order valence-electron chi connectivity index (χ3n) is 3.61. The van der Waals surface area contributed by atoms with Crippen LogP contribution in [0.15, 0.2) is 12.4 Å². The molecule has 0 spiro atoms. The van der Waals surface area contributed by atoms with Gasteiger partial charge >= 0.3 is 0 Å². The molecule has 2 rings (SSSR count). The van der Waals surface area contributed by atoms with Crippen LogP contribution < -0.4 is 5.43 Å². The lowest BCUT2D eigenvalue weighted by Crippen LogP contribution is -2.40. The molecular formula is C12H23ClFN5O2S. The van der Waals surface area contributed by atoms with Gasteiger partial charge in [-0.3, -0.25) is 9.58 Å². The van der Waals surface area contributed by atoms with Gasteiger partial charge in [0.25, 0.3) is 0 Å². The molecule has 1 aliphatic heterocycles. The van der Waals surface area contributed by atoms with Crippen molar-refractivity contribution >= 4 is 29.0 Å². The van der Waals surface area contributed by atoms with Crippen LogP contribution in [0.5, 0.6) is 0 Å². The Labute approximate surface area is 137 Å². The number of aromatic nitrogens is 2. The second-order valence-electron chi connectivity index (χ2n) is 5.66. The summed E-state index contributed by atoms with van der Waals surface area (Å²) in [5.41, 5.74) is 3.42. The van der Waals surface area contributed by atoms with Gasteiger partial charge in [0.05, 0.1) is 11.9 Å². The number of likely N-dealkylation sites (N-methyl/N-ethyl adjacent to an activating group) is 1. The minimum absolute atomic E-state index is 0. The Morgan fingerprint density at radius 3 is 2.68 bits per heavy atom. The topological polar surface area (TPSA) is 70.5 Å². The average Bonchev–Trinajstić information content (AvgIpc) is 2.96. The van der Waals surface area contributed by atoms with E-state index in [1.54, 1.807) is 24.1 Å². The molecule has 2 heterocycles. The Balaban J connectivity index is 0.00000242. The van der Waals surface area contributed by atoms with Crippen molar-refractivity contribution in [2.75, 3.05) is 25.6 Å². The average molecular weight is 356 g/mol. The van der Waals surface area contributed by atoms with Gasteiger partial charge in [-0.2, -0.15) is 5.10 Å². The van der Waals surface area contributed by atoms with Crippen LogP contribution in [-0.4, -0.2) is 59.9 Å². The van der Waals surface area contributed by atoms with Crippen molar-refractivity contribution in [3.8, 4) is 0 Å². The summed E-state index contributed by atoms with van der Waals surface area (Å²) in [6, 6.07) is 0.0730. The van der Waals surface area contributed by atoms with Crippen LogP contribution in [0, 0.1) is 0 Å². The van der Waals surface area contributed by atoms with E-state index in [1.165, 1.54) is 0 Å². The predicted molar refractivity (Wildman–Crippen MR) is 86.4 cm³/mol. The summed E-state index contributed by atoms with van der Waals surface area (Å²) in [6.07, 6.45) is 2.77. The number of hydrogen-bond acceptors (Lipinski definition) is 5. The number of rotatable bonds is 6. The standard InChI is InChI=1S/C12H22FN5O2S.ClH/c1-9(2)17-7-11(5-14-17)15-18(21(19)20)8-12-4-10(13)6-16(12)3;/h5,7,9-10,12,15,21H,4,6,8H2,1-3H3;1H/t10-,12+;/m1./s1. The maximum atomic E-state index is 13.3. The molecule has 1 aromatic heterocycles. The molecule has 0 saturated carbocycles. The SMILES string of the molecule is CC(C)n1cc(NN(C[C@@H]2C[C@@H](F)CN2C)[SH](=O)=O)cn1.Cl. The normalized spacial score (nSPS) is 22.5. The van der Waals surface area contributed by atoms with E-state index in [0.29, 0.717) is 18.7 Å². The highest BCUT2D eigenvalue weighted by Crippen LogP contribution is 2.20. The van der Waals surface area contributed by atoms with Gasteiger partial charge in [0.2, 0.25) is 10.9 Å². The summed E-state index contributed by atoms with van der Waals surface area (Å²) >= 11 is 0. The van der Waals surface area contributed by atoms with E-state index in [0.717, 1.165) is 4.41 Å². The Bertz CT molecular complexity index is 545. The highest BCUT2D eigenvalue weighted by Gasteiger charge is 2.31. The molecule has 0 bridgehead atoms. The first-order chi connectivity index (χ1) is 9.86. The van der Waals surface area contributed by atoms with Crippen molar-refractivity contribution in [2.45, 2.75) is 38.5 Å². The van der Waals surface area contributed by atoms with E-state index in [9.17, 15) is 12.8 Å². The minimum Gasteiger partial charge on any atom is -0.303 e. The van der Waals surface area contributed by atoms with E-state index in [1.807, 2.05) is 18.7 Å². The Morgan fingerprint density at radius 2 is 2.23 bits per heavy atom. The molecule has 0 radical (unpaired) electrons. The molecular weight excluding hydrogens is 333 g/mol. The summed E-state index contributed by atoms with van der Waals surface area (Å²) in [6.45, 7) is 4.52. The molecule has 22 heavy (non-hydrogen) atoms. The number of likely N-dealkylation sites (tertiary alicyclic amines) is 1. The predicted octanol–water partition coefficient (Wildman–Crippen LogP) is 1.08. The zero-order valence-electron chi connectivity index (χ0n) is 12.8. The summed E-state index contributed by atoms with van der Waals surface area (Å²) in [7, 11) is -1.00. The van der Waals surface area contributed by atoms with Gasteiger partial charge in [-0.1, -0.05) is 0 Å². The van der Waals surface area contributed by atoms with Crippen molar-refractivity contribution in [3.63, 3.8) is 0 Å². The van der Waals surface area contributed by atoms with E-state index in [2.05, 4.69) is 10.5 Å². The number of thiol groups is 1. The van der Waals surface area contributed by atoms with Gasteiger partial charge in [-0.15, -0.1) is 16.8 Å². The first kappa shape index (κ1) is 19.1. The zero-order chi connectivity index (χ0) is 15.6. The van der Waals surface area contributed by atoms with Crippen molar-refractivity contribution in [1.29, 1.82) is 0 Å². The van der Waals surface area contributed by atoms with Crippen LogP contribution in [0.4, 0.5) is 10.1 Å². The van der Waals surface area contributed by atoms with Gasteiger partial charge in [-0.25, -0.2) is 12.8 Å². The molecule has 1 fully saturated rings. The first-order valence-electron chi connectivity index (χ1n) is 6.93. The minimum atomic E-state index is -2.81. The maximum Gasteiger partial charge on any atom is 0.220 e. The number of nitrogens with one attached hydrogen (secondary N) is 1. The summed E-state index contributed by atoms with van der Waals surface area (Å²) in [5, 5.41) is 4.15. The molecule has 0 unspecified atom stereocenters. The summed E-state index contributed by atoms with van der Waals surface area (Å²) in [4.78, 5) is 1.84. The smallest absolute Gasteiger partial charge is 0.220 e. The first-order valence-corrected chi connectivity index (χ1v) is 8.06. The molecule has 1 saturated heterocycles. The van der Waals surface area contributed by atoms with Gasteiger partial charge in [0.15, 0.2) is 0 Å². The molecule has 128 valence electrons. The summed E-state index contributed by atoms with van der Waals surface area (Å²) < 4.78 is 39.0. The fourth-order valence-corrected chi connectivity index (χ4v) is 2.92.